The summed E-state index contributed by atoms with van der Waals surface area (Å²) in [7, 11) is -3.75. The normalized spacial score (nSPS) is 28.4. The van der Waals surface area contributed by atoms with Gasteiger partial charge < -0.3 is 15.0 Å². The fraction of sp³-hybridized carbons (Fsp3) is 0.421. The highest BCUT2D eigenvalue weighted by Crippen LogP contribution is 2.41. The third-order valence-corrected chi connectivity index (χ3v) is 8.24. The first-order valence-corrected chi connectivity index (χ1v) is 10.7. The first-order chi connectivity index (χ1) is 13.7. The number of benzene rings is 1. The molecule has 1 fully saturated rings. The molecule has 2 N–H and O–H groups in total. The molecule has 1 spiro atoms. The minimum atomic E-state index is -3.75. The van der Waals surface area contributed by atoms with Gasteiger partial charge in [0, 0.05) is 24.7 Å². The van der Waals surface area contributed by atoms with Gasteiger partial charge in [-0.15, -0.1) is 0 Å². The summed E-state index contributed by atoms with van der Waals surface area (Å²) in [5, 5.41) is 3.50. The second kappa shape index (κ2) is 6.74. The molecule has 3 heterocycles. The van der Waals surface area contributed by atoms with Crippen LogP contribution >= 0.6 is 0 Å². The summed E-state index contributed by atoms with van der Waals surface area (Å²) in [6, 6.07) is 5.56. The number of aliphatic imine (C=N–C) groups is 1. The van der Waals surface area contributed by atoms with E-state index in [1.165, 1.54) is 37.4 Å². The first-order valence-electron chi connectivity index (χ1n) is 9.06. The number of carbonyl (C=O) groups excluding carboxylic acids is 1. The molecule has 1 aromatic heterocycles. The van der Waals surface area contributed by atoms with Crippen LogP contribution in [0.25, 0.3) is 0 Å². The van der Waals surface area contributed by atoms with E-state index < -0.39 is 31.7 Å². The molecule has 154 valence electrons. The number of nitrogens with two attached hydrogens (primary N) is 1. The summed E-state index contributed by atoms with van der Waals surface area (Å²) in [4.78, 5) is 16.7. The number of ketones is 1. The number of nitrogens with zero attached hydrogens (tertiary/aromatic N) is 2. The monoisotopic (exact) mass is 421 g/mol. The number of hydrogen-bond acceptors (Lipinski definition) is 8. The van der Waals surface area contributed by atoms with Gasteiger partial charge in [0.05, 0.1) is 18.6 Å². The molecule has 4 rings (SSSR count). The summed E-state index contributed by atoms with van der Waals surface area (Å²) in [6.45, 7) is 1.76. The van der Waals surface area contributed by atoms with Crippen molar-refractivity contribution in [2.45, 2.75) is 30.1 Å². The van der Waals surface area contributed by atoms with Gasteiger partial charge in [-0.2, -0.15) is 0 Å². The molecular formula is C19H20FN3O5S. The molecule has 0 saturated carbocycles. The zero-order valence-electron chi connectivity index (χ0n) is 15.7. The standard InChI is InChI=1S/C19H20FN3O5S/c1-18(11-29(25,26)19(17(21)23-18)5-7-27-10-19)13-8-12(2-3-14(13)20)9-15(24)16-4-6-22-28-16/h2-4,6,8H,5,7,9-11H2,1H3,(H2,21,23)/t18-,19-/m0/s1. The van der Waals surface area contributed by atoms with Crippen molar-refractivity contribution in [1.82, 2.24) is 5.16 Å². The molecule has 0 aliphatic carbocycles. The van der Waals surface area contributed by atoms with Gasteiger partial charge in [0.1, 0.15) is 17.2 Å². The number of carbonyl (C=O) groups is 1. The molecule has 2 aliphatic rings. The predicted octanol–water partition coefficient (Wildman–Crippen LogP) is 1.40. The van der Waals surface area contributed by atoms with Crippen LogP contribution < -0.4 is 5.73 Å². The Hall–Kier alpha value is -2.59. The van der Waals surface area contributed by atoms with Gasteiger partial charge in [0.25, 0.3) is 0 Å². The van der Waals surface area contributed by atoms with Gasteiger partial charge in [-0.3, -0.25) is 9.79 Å². The lowest BCUT2D eigenvalue weighted by Crippen LogP contribution is -2.58. The second-order valence-corrected chi connectivity index (χ2v) is 9.92. The molecule has 2 atom stereocenters. The highest BCUT2D eigenvalue weighted by molar-refractivity contribution is 7.93. The second-order valence-electron chi connectivity index (χ2n) is 7.62. The van der Waals surface area contributed by atoms with Gasteiger partial charge in [-0.05, 0) is 31.0 Å². The first kappa shape index (κ1) is 19.7. The van der Waals surface area contributed by atoms with Gasteiger partial charge in [0.2, 0.25) is 11.5 Å². The smallest absolute Gasteiger partial charge is 0.205 e. The van der Waals surface area contributed by atoms with Crippen molar-refractivity contribution in [1.29, 1.82) is 0 Å². The number of sulfone groups is 1. The molecule has 8 nitrogen and oxygen atoms in total. The Labute approximate surface area is 166 Å². The summed E-state index contributed by atoms with van der Waals surface area (Å²) in [6.07, 6.45) is 1.54. The van der Waals surface area contributed by atoms with E-state index in [4.69, 9.17) is 15.0 Å². The van der Waals surface area contributed by atoms with E-state index in [-0.39, 0.29) is 49.0 Å². The van der Waals surface area contributed by atoms with Crippen LogP contribution in [0.3, 0.4) is 0 Å². The lowest BCUT2D eigenvalue weighted by Gasteiger charge is -2.39. The van der Waals surface area contributed by atoms with Crippen LogP contribution in [-0.2, 0) is 26.5 Å². The third-order valence-electron chi connectivity index (χ3n) is 5.57. The van der Waals surface area contributed by atoms with E-state index >= 15 is 0 Å². The van der Waals surface area contributed by atoms with E-state index in [2.05, 4.69) is 10.1 Å². The highest BCUT2D eigenvalue weighted by Gasteiger charge is 2.57. The zero-order valence-corrected chi connectivity index (χ0v) is 16.5. The van der Waals surface area contributed by atoms with Crippen LogP contribution in [0.1, 0.15) is 35.0 Å². The number of ether oxygens (including phenoxy) is 1. The average molecular weight is 421 g/mol. The van der Waals surface area contributed by atoms with E-state index in [1.807, 2.05) is 0 Å². The maximum Gasteiger partial charge on any atom is 0.205 e. The maximum absolute atomic E-state index is 14.7. The fourth-order valence-corrected chi connectivity index (χ4v) is 6.18. The van der Waals surface area contributed by atoms with Crippen molar-refractivity contribution in [3.05, 3.63) is 53.2 Å². The molecule has 2 aliphatic heterocycles. The molecular weight excluding hydrogens is 401 g/mol. The van der Waals surface area contributed by atoms with Gasteiger partial charge >= 0.3 is 0 Å². The summed E-state index contributed by atoms with van der Waals surface area (Å²) in [5.41, 5.74) is 5.25. The lowest BCUT2D eigenvalue weighted by molar-refractivity contribution is 0.0957. The predicted molar refractivity (Wildman–Crippen MR) is 102 cm³/mol. The van der Waals surface area contributed by atoms with E-state index in [9.17, 15) is 17.6 Å². The molecule has 0 radical (unpaired) electrons. The van der Waals surface area contributed by atoms with Crippen LogP contribution in [0.4, 0.5) is 4.39 Å². The highest BCUT2D eigenvalue weighted by atomic mass is 32.2. The Morgan fingerprint density at radius 1 is 1.34 bits per heavy atom. The van der Waals surface area contributed by atoms with Crippen LogP contribution in [0, 0.1) is 5.82 Å². The minimum Gasteiger partial charge on any atom is -0.386 e. The number of aromatic nitrogens is 1. The van der Waals surface area contributed by atoms with Gasteiger partial charge in [-0.25, -0.2) is 12.8 Å². The molecule has 2 aromatic rings. The maximum atomic E-state index is 14.7. The molecule has 10 heteroatoms. The molecule has 0 amide bonds. The average Bonchev–Trinajstić information content (AvgIpc) is 3.34. The summed E-state index contributed by atoms with van der Waals surface area (Å²) < 4.78 is 49.7. The Morgan fingerprint density at radius 3 is 2.76 bits per heavy atom. The summed E-state index contributed by atoms with van der Waals surface area (Å²) in [5.74, 6) is -1.32. The van der Waals surface area contributed by atoms with Gasteiger partial charge in [0.15, 0.2) is 14.6 Å². The fourth-order valence-electron chi connectivity index (χ4n) is 3.93. The van der Waals surface area contributed by atoms with E-state index in [0.29, 0.717) is 5.56 Å². The zero-order chi connectivity index (χ0) is 20.9. The Balaban J connectivity index is 1.72. The molecule has 0 unspecified atom stereocenters. The number of halogens is 1. The van der Waals surface area contributed by atoms with Crippen LogP contribution in [-0.4, -0.2) is 48.9 Å². The quantitative estimate of drug-likeness (QED) is 0.740. The molecule has 0 bridgehead atoms. The topological polar surface area (TPSA) is 125 Å². The van der Waals surface area contributed by atoms with Crippen molar-refractivity contribution >= 4 is 21.5 Å². The SMILES string of the molecule is C[C@@]1(c2cc(CC(=O)c3ccno3)ccc2F)CS(=O)(=O)[C@]2(CCOC2)C(N)=N1. The van der Waals surface area contributed by atoms with Crippen LogP contribution in [0.2, 0.25) is 0 Å². The minimum absolute atomic E-state index is 0.0467. The Bertz CT molecular complexity index is 1090. The Kier molecular flexibility index (Phi) is 4.58. The largest absolute Gasteiger partial charge is 0.386 e. The lowest BCUT2D eigenvalue weighted by atomic mass is 9.90. The number of rotatable bonds is 4. The van der Waals surface area contributed by atoms with Crippen molar-refractivity contribution in [2.75, 3.05) is 19.0 Å². The Morgan fingerprint density at radius 2 is 2.14 bits per heavy atom. The molecule has 1 saturated heterocycles. The van der Waals surface area contributed by atoms with Crippen LogP contribution in [0.5, 0.6) is 0 Å². The number of Topliss-reactive ketones (excluding diaryl/α,β-unsaturated/α-hetero) is 1. The van der Waals surface area contributed by atoms with Crippen molar-refractivity contribution < 1.29 is 26.9 Å². The van der Waals surface area contributed by atoms with E-state index in [1.54, 1.807) is 0 Å². The third kappa shape index (κ3) is 3.16. The van der Waals surface area contributed by atoms with Crippen molar-refractivity contribution in [3.8, 4) is 0 Å². The van der Waals surface area contributed by atoms with Crippen molar-refractivity contribution in [3.63, 3.8) is 0 Å². The van der Waals surface area contributed by atoms with E-state index in [0.717, 1.165) is 0 Å². The van der Waals surface area contributed by atoms with Gasteiger partial charge in [-0.1, -0.05) is 11.2 Å². The molecule has 1 aromatic carbocycles. The number of amidine groups is 1. The molecule has 29 heavy (non-hydrogen) atoms. The van der Waals surface area contributed by atoms with Crippen LogP contribution in [0.15, 0.2) is 40.0 Å². The number of hydrogen-bond donors (Lipinski definition) is 1. The van der Waals surface area contributed by atoms with Crippen molar-refractivity contribution in [2.24, 2.45) is 10.7 Å². The summed E-state index contributed by atoms with van der Waals surface area (Å²) >= 11 is 0.